The summed E-state index contributed by atoms with van der Waals surface area (Å²) in [7, 11) is 0. The fourth-order valence-corrected chi connectivity index (χ4v) is 4.59. The number of rotatable bonds is 6. The van der Waals surface area contributed by atoms with E-state index in [4.69, 9.17) is 9.72 Å². The van der Waals surface area contributed by atoms with E-state index in [1.165, 1.54) is 36.4 Å². The molecule has 2 aliphatic rings. The van der Waals surface area contributed by atoms with E-state index < -0.39 is 0 Å². The average Bonchev–Trinajstić information content (AvgIpc) is 3.33. The SMILES string of the molecule is C[C@@H]1c2ncc(COCC3CCCC3)n2CCN1Cc1nccs1. The Kier molecular flexibility index (Phi) is 4.96. The van der Waals surface area contributed by atoms with Gasteiger partial charge in [0.15, 0.2) is 0 Å². The van der Waals surface area contributed by atoms with E-state index in [1.54, 1.807) is 11.3 Å². The van der Waals surface area contributed by atoms with E-state index >= 15 is 0 Å². The van der Waals surface area contributed by atoms with Crippen LogP contribution in [0, 0.1) is 5.92 Å². The van der Waals surface area contributed by atoms with E-state index in [0.717, 1.165) is 38.0 Å². The lowest BCUT2D eigenvalue weighted by Gasteiger charge is -2.33. The summed E-state index contributed by atoms with van der Waals surface area (Å²) < 4.78 is 8.35. The van der Waals surface area contributed by atoms with Crippen molar-refractivity contribution in [2.45, 2.75) is 58.3 Å². The van der Waals surface area contributed by atoms with Gasteiger partial charge in [-0.1, -0.05) is 12.8 Å². The first-order valence-corrected chi connectivity index (χ1v) is 9.93. The summed E-state index contributed by atoms with van der Waals surface area (Å²) in [4.78, 5) is 11.6. The Morgan fingerprint density at radius 2 is 2.12 bits per heavy atom. The highest BCUT2D eigenvalue weighted by molar-refractivity contribution is 7.09. The number of hydrogen-bond acceptors (Lipinski definition) is 5. The minimum Gasteiger partial charge on any atom is -0.375 e. The van der Waals surface area contributed by atoms with Gasteiger partial charge in [0.05, 0.1) is 31.1 Å². The minimum absolute atomic E-state index is 0.325. The van der Waals surface area contributed by atoms with Crippen LogP contribution in [0.1, 0.15) is 55.2 Å². The van der Waals surface area contributed by atoms with Crippen molar-refractivity contribution in [3.05, 3.63) is 34.3 Å². The monoisotopic (exact) mass is 346 g/mol. The predicted molar refractivity (Wildman–Crippen MR) is 94.8 cm³/mol. The zero-order valence-corrected chi connectivity index (χ0v) is 15.2. The third kappa shape index (κ3) is 3.41. The van der Waals surface area contributed by atoms with E-state index in [0.29, 0.717) is 12.6 Å². The molecule has 0 saturated heterocycles. The zero-order valence-electron chi connectivity index (χ0n) is 14.4. The number of nitrogens with zero attached hydrogens (tertiary/aromatic N) is 4. The smallest absolute Gasteiger partial charge is 0.126 e. The summed E-state index contributed by atoms with van der Waals surface area (Å²) in [6.07, 6.45) is 9.33. The standard InChI is InChI=1S/C18H26N4OS/c1-14-18-20-10-16(13-23-12-15-4-2-3-5-15)22(18)8-7-21(14)11-17-19-6-9-24-17/h6,9-10,14-15H,2-5,7-8,11-13H2,1H3/t14-/m1/s1. The van der Waals surface area contributed by atoms with Gasteiger partial charge in [0, 0.05) is 31.3 Å². The molecule has 1 fully saturated rings. The molecule has 130 valence electrons. The van der Waals surface area contributed by atoms with Crippen molar-refractivity contribution in [2.24, 2.45) is 5.92 Å². The van der Waals surface area contributed by atoms with Crippen LogP contribution in [0.2, 0.25) is 0 Å². The van der Waals surface area contributed by atoms with Gasteiger partial charge < -0.3 is 9.30 Å². The molecule has 24 heavy (non-hydrogen) atoms. The highest BCUT2D eigenvalue weighted by Gasteiger charge is 2.27. The molecule has 4 rings (SSSR count). The second-order valence-electron chi connectivity index (χ2n) is 7.00. The first kappa shape index (κ1) is 16.2. The van der Waals surface area contributed by atoms with Crippen molar-refractivity contribution in [3.8, 4) is 0 Å². The minimum atomic E-state index is 0.325. The molecule has 2 aromatic heterocycles. The van der Waals surface area contributed by atoms with Gasteiger partial charge >= 0.3 is 0 Å². The molecule has 0 radical (unpaired) electrons. The van der Waals surface area contributed by atoms with Crippen molar-refractivity contribution >= 4 is 11.3 Å². The number of imidazole rings is 1. The Bertz CT molecular complexity index is 648. The van der Waals surface area contributed by atoms with Gasteiger partial charge in [0.2, 0.25) is 0 Å². The van der Waals surface area contributed by atoms with Crippen LogP contribution in [0.25, 0.3) is 0 Å². The van der Waals surface area contributed by atoms with Crippen LogP contribution < -0.4 is 0 Å². The molecule has 0 bridgehead atoms. The summed E-state index contributed by atoms with van der Waals surface area (Å²) >= 11 is 1.73. The van der Waals surface area contributed by atoms with Gasteiger partial charge in [-0.05, 0) is 25.7 Å². The highest BCUT2D eigenvalue weighted by atomic mass is 32.1. The molecule has 1 aliphatic carbocycles. The number of fused-ring (bicyclic) bond motifs is 1. The van der Waals surface area contributed by atoms with Crippen LogP contribution in [0.3, 0.4) is 0 Å². The fourth-order valence-electron chi connectivity index (χ4n) is 3.95. The Morgan fingerprint density at radius 1 is 1.25 bits per heavy atom. The second-order valence-corrected chi connectivity index (χ2v) is 7.98. The van der Waals surface area contributed by atoms with E-state index in [1.807, 2.05) is 17.8 Å². The molecular formula is C18H26N4OS. The van der Waals surface area contributed by atoms with Gasteiger partial charge in [0.25, 0.3) is 0 Å². The largest absolute Gasteiger partial charge is 0.375 e. The molecule has 1 aliphatic heterocycles. The second kappa shape index (κ2) is 7.33. The van der Waals surface area contributed by atoms with Crippen molar-refractivity contribution in [2.75, 3.05) is 13.2 Å². The van der Waals surface area contributed by atoms with Crippen LogP contribution in [-0.4, -0.2) is 32.6 Å². The quantitative estimate of drug-likeness (QED) is 0.801. The summed E-state index contributed by atoms with van der Waals surface area (Å²) in [5.74, 6) is 1.94. The molecule has 6 heteroatoms. The molecule has 0 amide bonds. The van der Waals surface area contributed by atoms with Crippen LogP contribution in [0.15, 0.2) is 17.8 Å². The molecule has 0 N–H and O–H groups in total. The van der Waals surface area contributed by atoms with Crippen LogP contribution in [0.5, 0.6) is 0 Å². The molecule has 3 heterocycles. The van der Waals surface area contributed by atoms with Gasteiger partial charge in [-0.2, -0.15) is 0 Å². The summed E-state index contributed by atoms with van der Waals surface area (Å²) in [5, 5.41) is 3.23. The number of ether oxygens (including phenoxy) is 1. The van der Waals surface area contributed by atoms with Crippen LogP contribution >= 0.6 is 11.3 Å². The van der Waals surface area contributed by atoms with E-state index in [-0.39, 0.29) is 0 Å². The van der Waals surface area contributed by atoms with Crippen molar-refractivity contribution in [1.82, 2.24) is 19.4 Å². The van der Waals surface area contributed by atoms with Crippen molar-refractivity contribution in [1.29, 1.82) is 0 Å². The van der Waals surface area contributed by atoms with E-state index in [2.05, 4.69) is 21.4 Å². The maximum absolute atomic E-state index is 5.99. The highest BCUT2D eigenvalue weighted by Crippen LogP contribution is 2.28. The topological polar surface area (TPSA) is 43.2 Å². The molecule has 2 aromatic rings. The molecular weight excluding hydrogens is 320 g/mol. The number of hydrogen-bond donors (Lipinski definition) is 0. The van der Waals surface area contributed by atoms with Gasteiger partial charge in [-0.15, -0.1) is 11.3 Å². The molecule has 1 atom stereocenters. The Labute approximate surface area is 147 Å². The lowest BCUT2D eigenvalue weighted by molar-refractivity contribution is 0.0815. The zero-order chi connectivity index (χ0) is 16.4. The molecule has 0 aromatic carbocycles. The van der Waals surface area contributed by atoms with Crippen molar-refractivity contribution in [3.63, 3.8) is 0 Å². The molecule has 1 saturated carbocycles. The maximum Gasteiger partial charge on any atom is 0.126 e. The third-order valence-corrected chi connectivity index (χ3v) is 6.17. The lowest BCUT2D eigenvalue weighted by Crippen LogP contribution is -2.37. The Balaban J connectivity index is 1.36. The average molecular weight is 346 g/mol. The van der Waals surface area contributed by atoms with Gasteiger partial charge in [-0.3, -0.25) is 4.90 Å². The predicted octanol–water partition coefficient (Wildman–Crippen LogP) is 3.62. The summed E-state index contributed by atoms with van der Waals surface area (Å²) in [6, 6.07) is 0.325. The van der Waals surface area contributed by atoms with Crippen LogP contribution in [-0.2, 0) is 24.4 Å². The third-order valence-electron chi connectivity index (χ3n) is 5.40. The normalized spacial score (nSPS) is 22.1. The Morgan fingerprint density at radius 3 is 2.92 bits per heavy atom. The van der Waals surface area contributed by atoms with Crippen molar-refractivity contribution < 1.29 is 4.74 Å². The lowest BCUT2D eigenvalue weighted by atomic mass is 10.1. The van der Waals surface area contributed by atoms with Crippen LogP contribution in [0.4, 0.5) is 0 Å². The Hall–Kier alpha value is -1.24. The van der Waals surface area contributed by atoms with Gasteiger partial charge in [0.1, 0.15) is 10.8 Å². The molecule has 0 unspecified atom stereocenters. The summed E-state index contributed by atoms with van der Waals surface area (Å²) in [6.45, 7) is 6.80. The molecule has 0 spiro atoms. The van der Waals surface area contributed by atoms with E-state index in [9.17, 15) is 0 Å². The number of aromatic nitrogens is 3. The fraction of sp³-hybridized carbons (Fsp3) is 0.667. The maximum atomic E-state index is 5.99. The number of thiazole rings is 1. The first-order valence-electron chi connectivity index (χ1n) is 9.05. The molecule has 5 nitrogen and oxygen atoms in total. The summed E-state index contributed by atoms with van der Waals surface area (Å²) in [5.41, 5.74) is 1.23. The van der Waals surface area contributed by atoms with Gasteiger partial charge in [-0.25, -0.2) is 9.97 Å². The first-order chi connectivity index (χ1) is 11.8.